The second-order valence-electron chi connectivity index (χ2n) is 8.20. The zero-order chi connectivity index (χ0) is 21.1. The predicted molar refractivity (Wildman–Crippen MR) is 114 cm³/mol. The van der Waals surface area contributed by atoms with Crippen LogP contribution in [0.25, 0.3) is 11.4 Å². The van der Waals surface area contributed by atoms with Gasteiger partial charge in [-0.25, -0.2) is 0 Å². The molecule has 8 nitrogen and oxygen atoms in total. The Bertz CT molecular complexity index is 1060. The molecule has 0 atom stereocenters. The smallest absolute Gasteiger partial charge is 0.243 e. The van der Waals surface area contributed by atoms with Crippen LogP contribution < -0.4 is 14.8 Å². The molecule has 2 aliphatic rings. The van der Waals surface area contributed by atoms with Gasteiger partial charge in [-0.1, -0.05) is 55.7 Å². The summed E-state index contributed by atoms with van der Waals surface area (Å²) in [5.41, 5.74) is 1.97. The van der Waals surface area contributed by atoms with Crippen LogP contribution in [0.15, 0.2) is 48.5 Å². The zero-order valence-electron chi connectivity index (χ0n) is 17.3. The number of carbonyl (C=O) groups excluding carboxylic acids is 1. The number of ether oxygens (including phenoxy) is 2. The van der Waals surface area contributed by atoms with Crippen LogP contribution in [0, 0.1) is 0 Å². The Balaban J connectivity index is 1.27. The van der Waals surface area contributed by atoms with Gasteiger partial charge in [0.05, 0.1) is 0 Å². The first-order chi connectivity index (χ1) is 15.2. The summed E-state index contributed by atoms with van der Waals surface area (Å²) in [5.74, 6) is 1.96. The van der Waals surface area contributed by atoms with Gasteiger partial charge in [0.15, 0.2) is 11.5 Å². The lowest BCUT2D eigenvalue weighted by molar-refractivity contribution is -0.122. The van der Waals surface area contributed by atoms with E-state index >= 15 is 0 Å². The summed E-state index contributed by atoms with van der Waals surface area (Å²) >= 11 is 0. The molecule has 0 unspecified atom stereocenters. The molecule has 31 heavy (non-hydrogen) atoms. The van der Waals surface area contributed by atoms with Gasteiger partial charge in [-0.2, -0.15) is 4.80 Å². The third-order valence-corrected chi connectivity index (χ3v) is 6.19. The molecule has 1 aliphatic heterocycles. The minimum Gasteiger partial charge on any atom is -0.454 e. The molecule has 0 spiro atoms. The molecule has 0 saturated heterocycles. The van der Waals surface area contributed by atoms with E-state index in [4.69, 9.17) is 9.47 Å². The third kappa shape index (κ3) is 4.10. The van der Waals surface area contributed by atoms with Crippen LogP contribution >= 0.6 is 0 Å². The highest BCUT2D eigenvalue weighted by atomic mass is 16.7. The molecule has 160 valence electrons. The molecular formula is C23H25N5O3. The van der Waals surface area contributed by atoms with E-state index in [1.54, 1.807) is 0 Å². The van der Waals surface area contributed by atoms with Gasteiger partial charge in [0.1, 0.15) is 6.54 Å². The second kappa shape index (κ2) is 8.37. The van der Waals surface area contributed by atoms with Crippen molar-refractivity contribution in [2.45, 2.75) is 44.1 Å². The lowest BCUT2D eigenvalue weighted by Gasteiger charge is -2.38. The Morgan fingerprint density at radius 2 is 1.84 bits per heavy atom. The van der Waals surface area contributed by atoms with Crippen LogP contribution in [0.3, 0.4) is 0 Å². The number of benzene rings is 2. The maximum Gasteiger partial charge on any atom is 0.243 e. The van der Waals surface area contributed by atoms with Gasteiger partial charge in [0.2, 0.25) is 18.5 Å². The van der Waals surface area contributed by atoms with Gasteiger partial charge in [-0.3, -0.25) is 4.79 Å². The normalized spacial score (nSPS) is 16.8. The van der Waals surface area contributed by atoms with Crippen molar-refractivity contribution in [3.8, 4) is 22.9 Å². The van der Waals surface area contributed by atoms with E-state index in [1.807, 2.05) is 36.4 Å². The van der Waals surface area contributed by atoms with Crippen molar-refractivity contribution in [2.24, 2.45) is 0 Å². The van der Waals surface area contributed by atoms with Gasteiger partial charge in [0, 0.05) is 17.5 Å². The first kappa shape index (κ1) is 19.5. The molecule has 2 aromatic carbocycles. The van der Waals surface area contributed by atoms with Crippen LogP contribution in [0.1, 0.15) is 37.7 Å². The van der Waals surface area contributed by atoms with Crippen molar-refractivity contribution in [1.29, 1.82) is 0 Å². The highest BCUT2D eigenvalue weighted by Gasteiger charge is 2.35. The summed E-state index contributed by atoms with van der Waals surface area (Å²) in [7, 11) is 0. The molecule has 5 rings (SSSR count). The molecule has 0 radical (unpaired) electrons. The number of rotatable bonds is 6. The lowest BCUT2D eigenvalue weighted by atomic mass is 9.69. The Labute approximate surface area is 180 Å². The van der Waals surface area contributed by atoms with Crippen molar-refractivity contribution in [1.82, 2.24) is 25.5 Å². The molecule has 1 aliphatic carbocycles. The number of nitrogens with one attached hydrogen (secondary N) is 1. The van der Waals surface area contributed by atoms with E-state index in [2.05, 4.69) is 32.9 Å². The van der Waals surface area contributed by atoms with Crippen molar-refractivity contribution in [3.63, 3.8) is 0 Å². The quantitative estimate of drug-likeness (QED) is 0.660. The molecular weight excluding hydrogens is 394 g/mol. The van der Waals surface area contributed by atoms with Crippen LogP contribution in [0.2, 0.25) is 0 Å². The van der Waals surface area contributed by atoms with Gasteiger partial charge in [0.25, 0.3) is 0 Å². The SMILES string of the molecule is O=C(Cn1nnc(-c2ccccc2)n1)NCC1(c2ccc3c(c2)OCO3)CCCCC1. The fourth-order valence-corrected chi connectivity index (χ4v) is 4.49. The maximum absolute atomic E-state index is 12.7. The Morgan fingerprint density at radius 3 is 2.68 bits per heavy atom. The van der Waals surface area contributed by atoms with E-state index in [-0.39, 0.29) is 24.7 Å². The van der Waals surface area contributed by atoms with Crippen molar-refractivity contribution in [3.05, 3.63) is 54.1 Å². The standard InChI is InChI=1S/C23H25N5O3/c29-21(14-28-26-22(25-27-28)17-7-3-1-4-8-17)24-15-23(11-5-2-6-12-23)18-9-10-19-20(13-18)31-16-30-19/h1,3-4,7-10,13H,2,5-6,11-12,14-16H2,(H,24,29). The number of nitrogens with zero attached hydrogens (tertiary/aromatic N) is 4. The molecule has 2 heterocycles. The number of tetrazole rings is 1. The van der Waals surface area contributed by atoms with E-state index in [1.165, 1.54) is 16.8 Å². The van der Waals surface area contributed by atoms with Gasteiger partial charge < -0.3 is 14.8 Å². The minimum absolute atomic E-state index is 0.0387. The molecule has 1 aromatic heterocycles. The molecule has 8 heteroatoms. The molecule has 1 N–H and O–H groups in total. The molecule has 0 bridgehead atoms. The largest absolute Gasteiger partial charge is 0.454 e. The number of hydrogen-bond donors (Lipinski definition) is 1. The van der Waals surface area contributed by atoms with Crippen molar-refractivity contribution < 1.29 is 14.3 Å². The maximum atomic E-state index is 12.7. The Hall–Kier alpha value is -3.42. The number of hydrogen-bond acceptors (Lipinski definition) is 6. The fourth-order valence-electron chi connectivity index (χ4n) is 4.49. The summed E-state index contributed by atoms with van der Waals surface area (Å²) in [5, 5.41) is 15.5. The van der Waals surface area contributed by atoms with Gasteiger partial charge in [-0.15, -0.1) is 10.2 Å². The summed E-state index contributed by atoms with van der Waals surface area (Å²) < 4.78 is 11.0. The van der Waals surface area contributed by atoms with Crippen LogP contribution in [-0.2, 0) is 16.8 Å². The van der Waals surface area contributed by atoms with Crippen LogP contribution in [-0.4, -0.2) is 39.5 Å². The fraction of sp³-hybridized carbons (Fsp3) is 0.391. The Morgan fingerprint density at radius 1 is 1.03 bits per heavy atom. The van der Waals surface area contributed by atoms with Gasteiger partial charge in [-0.05, 0) is 35.8 Å². The third-order valence-electron chi connectivity index (χ3n) is 6.19. The highest BCUT2D eigenvalue weighted by Crippen LogP contribution is 2.43. The first-order valence-corrected chi connectivity index (χ1v) is 10.7. The number of amides is 1. The predicted octanol–water partition coefficient (Wildman–Crippen LogP) is 3.09. The van der Waals surface area contributed by atoms with Crippen LogP contribution in [0.5, 0.6) is 11.5 Å². The van der Waals surface area contributed by atoms with Crippen molar-refractivity contribution >= 4 is 5.91 Å². The zero-order valence-corrected chi connectivity index (χ0v) is 17.3. The van der Waals surface area contributed by atoms with Crippen LogP contribution in [0.4, 0.5) is 0 Å². The summed E-state index contributed by atoms with van der Waals surface area (Å²) in [4.78, 5) is 14.0. The molecule has 1 saturated carbocycles. The topological polar surface area (TPSA) is 91.2 Å². The minimum atomic E-state index is -0.122. The van der Waals surface area contributed by atoms with Crippen molar-refractivity contribution in [2.75, 3.05) is 13.3 Å². The molecule has 3 aromatic rings. The number of carbonyl (C=O) groups is 1. The average molecular weight is 419 g/mol. The highest BCUT2D eigenvalue weighted by molar-refractivity contribution is 5.75. The molecule has 1 amide bonds. The monoisotopic (exact) mass is 419 g/mol. The number of aromatic nitrogens is 4. The second-order valence-corrected chi connectivity index (χ2v) is 8.20. The average Bonchev–Trinajstić information content (AvgIpc) is 3.48. The first-order valence-electron chi connectivity index (χ1n) is 10.7. The lowest BCUT2D eigenvalue weighted by Crippen LogP contribution is -2.43. The van der Waals surface area contributed by atoms with E-state index in [0.29, 0.717) is 12.4 Å². The Kier molecular flexibility index (Phi) is 5.28. The van der Waals surface area contributed by atoms with E-state index < -0.39 is 0 Å². The summed E-state index contributed by atoms with van der Waals surface area (Å²) in [6, 6.07) is 15.8. The van der Waals surface area contributed by atoms with E-state index in [9.17, 15) is 4.79 Å². The van der Waals surface area contributed by atoms with Gasteiger partial charge >= 0.3 is 0 Å². The summed E-state index contributed by atoms with van der Waals surface area (Å²) in [6.45, 7) is 0.876. The molecule has 1 fully saturated rings. The van der Waals surface area contributed by atoms with E-state index in [0.717, 1.165) is 42.7 Å². The summed E-state index contributed by atoms with van der Waals surface area (Å²) in [6.07, 6.45) is 5.59. The number of fused-ring (bicyclic) bond motifs is 1.